The monoisotopic (exact) mass is 225 g/mol. The Morgan fingerprint density at radius 3 is 2.47 bits per heavy atom. The summed E-state index contributed by atoms with van der Waals surface area (Å²) < 4.78 is 0. The summed E-state index contributed by atoms with van der Waals surface area (Å²) in [7, 11) is 0. The molecule has 2 aromatic carbocycles. The topological polar surface area (TPSA) is 12.0 Å². The zero-order chi connectivity index (χ0) is 12.1. The molecule has 0 aliphatic rings. The van der Waals surface area contributed by atoms with Crippen LogP contribution < -0.4 is 5.32 Å². The first kappa shape index (κ1) is 11.9. The van der Waals surface area contributed by atoms with E-state index >= 15 is 0 Å². The van der Waals surface area contributed by atoms with Crippen molar-refractivity contribution in [1.82, 2.24) is 5.32 Å². The maximum atomic E-state index is 3.36. The van der Waals surface area contributed by atoms with Crippen molar-refractivity contribution < 1.29 is 0 Å². The van der Waals surface area contributed by atoms with Crippen LogP contribution in [0.2, 0.25) is 0 Å². The number of benzene rings is 2. The molecule has 0 amide bonds. The number of hydrogen-bond acceptors (Lipinski definition) is 1. The molecule has 0 saturated heterocycles. The molecule has 88 valence electrons. The molecule has 0 aromatic heterocycles. The van der Waals surface area contributed by atoms with Crippen LogP contribution in [0.3, 0.4) is 0 Å². The van der Waals surface area contributed by atoms with Gasteiger partial charge in [0.1, 0.15) is 0 Å². The molecule has 1 nitrogen and oxygen atoms in total. The Balaban J connectivity index is 2.33. The van der Waals surface area contributed by atoms with Gasteiger partial charge in [-0.15, -0.1) is 0 Å². The quantitative estimate of drug-likeness (QED) is 0.835. The van der Waals surface area contributed by atoms with Crippen molar-refractivity contribution in [2.75, 3.05) is 6.54 Å². The summed E-state index contributed by atoms with van der Waals surface area (Å²) in [6, 6.07) is 17.3. The van der Waals surface area contributed by atoms with Crippen LogP contribution in [0.5, 0.6) is 0 Å². The second kappa shape index (κ2) is 5.65. The molecule has 2 rings (SSSR count). The van der Waals surface area contributed by atoms with Crippen molar-refractivity contribution >= 4 is 0 Å². The zero-order valence-corrected chi connectivity index (χ0v) is 10.5. The van der Waals surface area contributed by atoms with Crippen LogP contribution in [0.25, 0.3) is 11.1 Å². The molecule has 0 atom stereocenters. The van der Waals surface area contributed by atoms with Crippen molar-refractivity contribution in [3.05, 3.63) is 59.7 Å². The SMILES string of the molecule is CCNCc1ccc(C)c(-c2ccccc2)c1. The van der Waals surface area contributed by atoms with E-state index in [4.69, 9.17) is 0 Å². The minimum absolute atomic E-state index is 0.941. The molecule has 0 bridgehead atoms. The lowest BCUT2D eigenvalue weighted by molar-refractivity contribution is 0.727. The minimum atomic E-state index is 0.941. The Hall–Kier alpha value is -1.60. The number of aryl methyl sites for hydroxylation is 1. The minimum Gasteiger partial charge on any atom is -0.313 e. The molecule has 0 fully saturated rings. The first-order chi connectivity index (χ1) is 8.31. The highest BCUT2D eigenvalue weighted by Gasteiger charge is 2.02. The first-order valence-electron chi connectivity index (χ1n) is 6.17. The molecule has 1 heteroatoms. The molecule has 1 N–H and O–H groups in total. The maximum absolute atomic E-state index is 3.36. The predicted molar refractivity (Wildman–Crippen MR) is 74.0 cm³/mol. The average Bonchev–Trinajstić information content (AvgIpc) is 2.39. The van der Waals surface area contributed by atoms with Crippen LogP contribution >= 0.6 is 0 Å². The van der Waals surface area contributed by atoms with Gasteiger partial charge in [0.05, 0.1) is 0 Å². The number of nitrogens with one attached hydrogen (secondary N) is 1. The fraction of sp³-hybridized carbons (Fsp3) is 0.250. The van der Waals surface area contributed by atoms with E-state index in [0.717, 1.165) is 13.1 Å². The molecule has 17 heavy (non-hydrogen) atoms. The number of rotatable bonds is 4. The third-order valence-electron chi connectivity index (χ3n) is 2.97. The third-order valence-corrected chi connectivity index (χ3v) is 2.97. The fourth-order valence-corrected chi connectivity index (χ4v) is 1.98. The van der Waals surface area contributed by atoms with Crippen molar-refractivity contribution in [3.63, 3.8) is 0 Å². The molecule has 0 aliphatic heterocycles. The van der Waals surface area contributed by atoms with Crippen molar-refractivity contribution in [2.24, 2.45) is 0 Å². The molecule has 0 saturated carbocycles. The summed E-state index contributed by atoms with van der Waals surface area (Å²) in [4.78, 5) is 0. The Bertz CT molecular complexity index is 474. The summed E-state index contributed by atoms with van der Waals surface area (Å²) >= 11 is 0. The molecule has 2 aromatic rings. The van der Waals surface area contributed by atoms with E-state index in [1.165, 1.54) is 22.3 Å². The summed E-state index contributed by atoms with van der Waals surface area (Å²) in [6.45, 7) is 6.25. The highest BCUT2D eigenvalue weighted by atomic mass is 14.8. The van der Waals surface area contributed by atoms with Gasteiger partial charge in [-0.1, -0.05) is 49.4 Å². The second-order valence-electron chi connectivity index (χ2n) is 4.30. The van der Waals surface area contributed by atoms with Gasteiger partial charge in [-0.2, -0.15) is 0 Å². The average molecular weight is 225 g/mol. The predicted octanol–water partition coefficient (Wildman–Crippen LogP) is 3.77. The second-order valence-corrected chi connectivity index (χ2v) is 4.30. The highest BCUT2D eigenvalue weighted by molar-refractivity contribution is 5.67. The normalized spacial score (nSPS) is 10.5. The largest absolute Gasteiger partial charge is 0.313 e. The molecule has 0 spiro atoms. The van der Waals surface area contributed by atoms with Gasteiger partial charge in [0.2, 0.25) is 0 Å². The molecule has 0 radical (unpaired) electrons. The van der Waals surface area contributed by atoms with E-state index in [0.29, 0.717) is 0 Å². The smallest absolute Gasteiger partial charge is 0.0205 e. The summed E-state index contributed by atoms with van der Waals surface area (Å²) in [6.07, 6.45) is 0. The Labute approximate surface area is 103 Å². The molecule has 0 aliphatic carbocycles. The van der Waals surface area contributed by atoms with Crippen LogP contribution in [0, 0.1) is 6.92 Å². The Kier molecular flexibility index (Phi) is 3.94. The van der Waals surface area contributed by atoms with Gasteiger partial charge in [-0.3, -0.25) is 0 Å². The molecule has 0 heterocycles. The lowest BCUT2D eigenvalue weighted by Crippen LogP contribution is -2.11. The van der Waals surface area contributed by atoms with Crippen LogP contribution in [0.1, 0.15) is 18.1 Å². The van der Waals surface area contributed by atoms with Gasteiger partial charge in [0.25, 0.3) is 0 Å². The van der Waals surface area contributed by atoms with Crippen molar-refractivity contribution in [3.8, 4) is 11.1 Å². The van der Waals surface area contributed by atoms with E-state index in [1.54, 1.807) is 0 Å². The zero-order valence-electron chi connectivity index (χ0n) is 10.5. The Morgan fingerprint density at radius 1 is 1.00 bits per heavy atom. The van der Waals surface area contributed by atoms with E-state index < -0.39 is 0 Å². The fourth-order valence-electron chi connectivity index (χ4n) is 1.98. The van der Waals surface area contributed by atoms with Crippen LogP contribution in [-0.2, 0) is 6.54 Å². The van der Waals surface area contributed by atoms with Crippen LogP contribution in [-0.4, -0.2) is 6.54 Å². The van der Waals surface area contributed by atoms with Gasteiger partial charge in [0.15, 0.2) is 0 Å². The van der Waals surface area contributed by atoms with Crippen molar-refractivity contribution in [2.45, 2.75) is 20.4 Å². The summed E-state index contributed by atoms with van der Waals surface area (Å²) in [5.41, 5.74) is 5.30. The first-order valence-corrected chi connectivity index (χ1v) is 6.17. The van der Waals surface area contributed by atoms with Crippen molar-refractivity contribution in [1.29, 1.82) is 0 Å². The molecular formula is C16H19N. The summed E-state index contributed by atoms with van der Waals surface area (Å²) in [5.74, 6) is 0. The standard InChI is InChI=1S/C16H19N/c1-3-17-12-14-10-9-13(2)16(11-14)15-7-5-4-6-8-15/h4-11,17H,3,12H2,1-2H3. The van der Waals surface area contributed by atoms with E-state index in [2.05, 4.69) is 67.7 Å². The van der Waals surface area contributed by atoms with Gasteiger partial charge < -0.3 is 5.32 Å². The van der Waals surface area contributed by atoms with Crippen LogP contribution in [0.4, 0.5) is 0 Å². The number of hydrogen-bond donors (Lipinski definition) is 1. The maximum Gasteiger partial charge on any atom is 0.0205 e. The van der Waals surface area contributed by atoms with Gasteiger partial charge in [-0.25, -0.2) is 0 Å². The van der Waals surface area contributed by atoms with Gasteiger partial charge >= 0.3 is 0 Å². The lowest BCUT2D eigenvalue weighted by atomic mass is 9.98. The highest BCUT2D eigenvalue weighted by Crippen LogP contribution is 2.24. The summed E-state index contributed by atoms with van der Waals surface area (Å²) in [5, 5.41) is 3.36. The lowest BCUT2D eigenvalue weighted by Gasteiger charge is -2.09. The third kappa shape index (κ3) is 2.95. The van der Waals surface area contributed by atoms with Crippen LogP contribution in [0.15, 0.2) is 48.5 Å². The van der Waals surface area contributed by atoms with Gasteiger partial charge in [-0.05, 0) is 41.8 Å². The van der Waals surface area contributed by atoms with E-state index in [1.807, 2.05) is 0 Å². The Morgan fingerprint density at radius 2 is 1.76 bits per heavy atom. The van der Waals surface area contributed by atoms with E-state index in [-0.39, 0.29) is 0 Å². The molecular weight excluding hydrogens is 206 g/mol. The molecule has 0 unspecified atom stereocenters. The van der Waals surface area contributed by atoms with Gasteiger partial charge in [0, 0.05) is 6.54 Å². The van der Waals surface area contributed by atoms with E-state index in [9.17, 15) is 0 Å².